The third-order valence-electron chi connectivity index (χ3n) is 9.94. The van der Waals surface area contributed by atoms with Gasteiger partial charge >= 0.3 is 0 Å². The van der Waals surface area contributed by atoms with Gasteiger partial charge in [0.25, 0.3) is 0 Å². The van der Waals surface area contributed by atoms with Gasteiger partial charge in [-0.15, -0.1) is 0 Å². The summed E-state index contributed by atoms with van der Waals surface area (Å²) in [6.07, 6.45) is 13.1. The van der Waals surface area contributed by atoms with Crippen molar-refractivity contribution in [2.45, 2.75) is 76.5 Å². The fraction of sp³-hybridized carbons (Fsp3) is 0.667. The van der Waals surface area contributed by atoms with E-state index in [4.69, 9.17) is 16.3 Å². The Morgan fingerprint density at radius 3 is 2.55 bits per heavy atom. The number of nitrogens with one attached hydrogen (secondary N) is 3. The number of hydrogen-bond acceptors (Lipinski definition) is 6. The zero-order valence-corrected chi connectivity index (χ0v) is 23.2. The SMILES string of the molecule is COC1CCC(CNC2[C@@H]3CC4C[C@H]2CC(CNc2nc(NCc5ccccc5Cl)ncc2F)(C4)C3)CC1. The molecule has 0 saturated heterocycles. The van der Waals surface area contributed by atoms with E-state index in [9.17, 15) is 4.39 Å². The lowest BCUT2D eigenvalue weighted by Crippen LogP contribution is -2.60. The molecule has 4 bridgehead atoms. The van der Waals surface area contributed by atoms with Gasteiger partial charge in [-0.25, -0.2) is 9.37 Å². The van der Waals surface area contributed by atoms with E-state index >= 15 is 0 Å². The molecule has 1 aromatic heterocycles. The lowest BCUT2D eigenvalue weighted by atomic mass is 9.48. The van der Waals surface area contributed by atoms with Crippen LogP contribution < -0.4 is 16.0 Å². The number of halogens is 2. The topological polar surface area (TPSA) is 71.1 Å². The third-order valence-corrected chi connectivity index (χ3v) is 10.3. The first-order chi connectivity index (χ1) is 18.5. The van der Waals surface area contributed by atoms with Gasteiger partial charge in [0.2, 0.25) is 5.95 Å². The van der Waals surface area contributed by atoms with E-state index in [2.05, 4.69) is 25.9 Å². The molecular weight excluding hydrogens is 501 g/mol. The van der Waals surface area contributed by atoms with Crippen molar-refractivity contribution in [1.82, 2.24) is 15.3 Å². The Kier molecular flexibility index (Phi) is 7.79. The summed E-state index contributed by atoms with van der Waals surface area (Å²) in [4.78, 5) is 8.61. The molecule has 0 radical (unpaired) electrons. The van der Waals surface area contributed by atoms with Crippen LogP contribution >= 0.6 is 11.6 Å². The van der Waals surface area contributed by atoms with Gasteiger partial charge in [-0.3, -0.25) is 0 Å². The first-order valence-corrected chi connectivity index (χ1v) is 14.9. The molecule has 1 aromatic carbocycles. The number of methoxy groups -OCH3 is 1. The Bertz CT molecular complexity index is 1090. The molecular formula is C30H41ClFN5O. The quantitative estimate of drug-likeness (QED) is 0.329. The second-order valence-corrected chi connectivity index (χ2v) is 12.9. The van der Waals surface area contributed by atoms with Gasteiger partial charge < -0.3 is 20.7 Å². The van der Waals surface area contributed by atoms with Crippen molar-refractivity contribution in [3.8, 4) is 0 Å². The minimum atomic E-state index is -0.402. The van der Waals surface area contributed by atoms with Crippen LogP contribution in [0.25, 0.3) is 0 Å². The van der Waals surface area contributed by atoms with Gasteiger partial charge in [0.1, 0.15) is 0 Å². The highest BCUT2D eigenvalue weighted by Gasteiger charge is 2.55. The summed E-state index contributed by atoms with van der Waals surface area (Å²) in [6, 6.07) is 8.31. The van der Waals surface area contributed by atoms with Gasteiger partial charge in [-0.2, -0.15) is 4.98 Å². The van der Waals surface area contributed by atoms with Crippen LogP contribution in [0.3, 0.4) is 0 Å². The van der Waals surface area contributed by atoms with Crippen LogP contribution in [0.5, 0.6) is 0 Å². The van der Waals surface area contributed by atoms with E-state index in [0.29, 0.717) is 35.5 Å². The van der Waals surface area contributed by atoms with Crippen molar-refractivity contribution >= 4 is 23.4 Å². The smallest absolute Gasteiger partial charge is 0.225 e. The standard InChI is InChI=1S/C30H41ClFN5O/c1-38-24-8-6-19(7-9-24)15-33-27-22-10-20-11-23(27)14-30(12-20,13-22)18-36-28-26(32)17-35-29(37-28)34-16-21-4-2-3-5-25(21)31/h2-5,17,19-20,22-24,27,33H,6-16,18H2,1H3,(H2,34,35,36,37)/t19?,20?,22-,23+,24?,27?,30?. The van der Waals surface area contributed by atoms with Crippen LogP contribution in [0.2, 0.25) is 5.02 Å². The maximum absolute atomic E-state index is 14.7. The van der Waals surface area contributed by atoms with E-state index in [-0.39, 0.29) is 5.41 Å². The molecule has 3 N–H and O–H groups in total. The van der Waals surface area contributed by atoms with Gasteiger partial charge in [-0.1, -0.05) is 29.8 Å². The zero-order valence-electron chi connectivity index (χ0n) is 22.4. The monoisotopic (exact) mass is 541 g/mol. The van der Waals surface area contributed by atoms with E-state index in [1.807, 2.05) is 31.4 Å². The minimum absolute atomic E-state index is 0.244. The van der Waals surface area contributed by atoms with E-state index in [0.717, 1.165) is 42.3 Å². The predicted octanol–water partition coefficient (Wildman–Crippen LogP) is 6.28. The Labute approximate surface area is 230 Å². The molecule has 2 aromatic rings. The van der Waals surface area contributed by atoms with Crippen LogP contribution in [0, 0.1) is 34.9 Å². The van der Waals surface area contributed by atoms with Crippen molar-refractivity contribution in [2.75, 3.05) is 30.8 Å². The summed E-state index contributed by atoms with van der Waals surface area (Å²) in [5.41, 5.74) is 1.20. The molecule has 5 aliphatic carbocycles. The lowest BCUT2D eigenvalue weighted by Gasteiger charge is -2.60. The molecule has 5 saturated carbocycles. The van der Waals surface area contributed by atoms with E-state index in [1.165, 1.54) is 64.0 Å². The Morgan fingerprint density at radius 1 is 1.05 bits per heavy atom. The van der Waals surface area contributed by atoms with E-state index < -0.39 is 5.82 Å². The number of ether oxygens (including phenoxy) is 1. The first kappa shape index (κ1) is 26.3. The fourth-order valence-corrected chi connectivity index (χ4v) is 8.48. The molecule has 5 aliphatic rings. The Morgan fingerprint density at radius 2 is 1.82 bits per heavy atom. The first-order valence-electron chi connectivity index (χ1n) is 14.5. The summed E-state index contributed by atoms with van der Waals surface area (Å²) in [7, 11) is 1.85. The summed E-state index contributed by atoms with van der Waals surface area (Å²) >= 11 is 6.26. The van der Waals surface area contributed by atoms with Crippen molar-refractivity contribution in [3.05, 3.63) is 46.9 Å². The molecule has 0 spiro atoms. The summed E-state index contributed by atoms with van der Waals surface area (Å²) in [5, 5.41) is 11.3. The number of hydrogen-bond donors (Lipinski definition) is 3. The summed E-state index contributed by atoms with van der Waals surface area (Å²) in [6.45, 7) is 2.42. The highest BCUT2D eigenvalue weighted by molar-refractivity contribution is 6.31. The maximum Gasteiger partial charge on any atom is 0.225 e. The summed E-state index contributed by atoms with van der Waals surface area (Å²) in [5.74, 6) is 3.37. The number of benzene rings is 1. The average molecular weight is 542 g/mol. The molecule has 3 unspecified atom stereocenters. The van der Waals surface area contributed by atoms with Crippen LogP contribution in [0.4, 0.5) is 16.2 Å². The highest BCUT2D eigenvalue weighted by Crippen LogP contribution is 2.60. The molecule has 0 aliphatic heterocycles. The molecule has 8 heteroatoms. The summed E-state index contributed by atoms with van der Waals surface area (Å²) < 4.78 is 20.2. The van der Waals surface area contributed by atoms with Gasteiger partial charge in [-0.05, 0) is 105 Å². The number of aromatic nitrogens is 2. The number of nitrogens with zero attached hydrogens (tertiary/aromatic N) is 2. The lowest BCUT2D eigenvalue weighted by molar-refractivity contribution is -0.0706. The largest absolute Gasteiger partial charge is 0.381 e. The van der Waals surface area contributed by atoms with Crippen LogP contribution in [0.1, 0.15) is 63.4 Å². The van der Waals surface area contributed by atoms with Crippen LogP contribution in [0.15, 0.2) is 30.5 Å². The second kappa shape index (κ2) is 11.3. The second-order valence-electron chi connectivity index (χ2n) is 12.5. The third kappa shape index (κ3) is 5.66. The Hall–Kier alpha value is -1.96. The fourth-order valence-electron chi connectivity index (χ4n) is 8.28. The van der Waals surface area contributed by atoms with Crippen molar-refractivity contribution < 1.29 is 9.13 Å². The highest BCUT2D eigenvalue weighted by atomic mass is 35.5. The Balaban J connectivity index is 1.04. The van der Waals surface area contributed by atoms with Crippen molar-refractivity contribution in [2.24, 2.45) is 29.1 Å². The molecule has 5 fully saturated rings. The average Bonchev–Trinajstić information content (AvgIpc) is 2.92. The molecule has 38 heavy (non-hydrogen) atoms. The molecule has 206 valence electrons. The molecule has 0 amide bonds. The van der Waals surface area contributed by atoms with Gasteiger partial charge in [0.05, 0.1) is 12.3 Å². The van der Waals surface area contributed by atoms with Crippen molar-refractivity contribution in [1.29, 1.82) is 0 Å². The molecule has 7 rings (SSSR count). The van der Waals surface area contributed by atoms with Crippen molar-refractivity contribution in [3.63, 3.8) is 0 Å². The molecule has 6 nitrogen and oxygen atoms in total. The zero-order chi connectivity index (χ0) is 26.1. The maximum atomic E-state index is 14.7. The van der Waals surface area contributed by atoms with Gasteiger partial charge in [0.15, 0.2) is 11.6 Å². The van der Waals surface area contributed by atoms with E-state index in [1.54, 1.807) is 0 Å². The minimum Gasteiger partial charge on any atom is -0.381 e. The normalized spacial score (nSPS) is 33.9. The van der Waals surface area contributed by atoms with Gasteiger partial charge in [0, 0.05) is 31.3 Å². The number of rotatable bonds is 10. The predicted molar refractivity (Wildman–Crippen MR) is 150 cm³/mol. The molecule has 1 heterocycles. The number of anilines is 2. The molecule has 5 atom stereocenters. The van der Waals surface area contributed by atoms with Crippen LogP contribution in [-0.4, -0.2) is 42.3 Å². The van der Waals surface area contributed by atoms with Crippen LogP contribution in [-0.2, 0) is 11.3 Å².